The van der Waals surface area contributed by atoms with Gasteiger partial charge in [0.25, 0.3) is 5.91 Å². The lowest BCUT2D eigenvalue weighted by molar-refractivity contribution is -0.137. The van der Waals surface area contributed by atoms with Crippen LogP contribution in [0.1, 0.15) is 25.8 Å². The van der Waals surface area contributed by atoms with Gasteiger partial charge in [-0.05, 0) is 31.5 Å². The van der Waals surface area contributed by atoms with Crippen LogP contribution in [0.2, 0.25) is 0 Å². The van der Waals surface area contributed by atoms with Crippen LogP contribution in [0.3, 0.4) is 0 Å². The van der Waals surface area contributed by atoms with Gasteiger partial charge in [-0.2, -0.15) is 13.2 Å². The third-order valence-electron chi connectivity index (χ3n) is 2.57. The van der Waals surface area contributed by atoms with Crippen LogP contribution in [0.5, 0.6) is 0 Å². The Balaban J connectivity index is 2.81. The van der Waals surface area contributed by atoms with Crippen molar-refractivity contribution in [2.75, 3.05) is 17.7 Å². The van der Waals surface area contributed by atoms with Gasteiger partial charge in [-0.3, -0.25) is 4.79 Å². The van der Waals surface area contributed by atoms with Crippen molar-refractivity contribution in [2.24, 2.45) is 0 Å². The minimum atomic E-state index is -4.56. The van der Waals surface area contributed by atoms with Crippen LogP contribution in [0.4, 0.5) is 24.5 Å². The molecule has 0 radical (unpaired) electrons. The summed E-state index contributed by atoms with van der Waals surface area (Å²) in [5.74, 6) is -0.503. The zero-order valence-corrected chi connectivity index (χ0v) is 11.3. The van der Waals surface area contributed by atoms with E-state index in [0.717, 1.165) is 18.6 Å². The van der Waals surface area contributed by atoms with Gasteiger partial charge in [0.1, 0.15) is 6.10 Å². The maximum absolute atomic E-state index is 12.7. The van der Waals surface area contributed by atoms with E-state index in [0.29, 0.717) is 6.61 Å². The van der Waals surface area contributed by atoms with Crippen molar-refractivity contribution < 1.29 is 22.7 Å². The Morgan fingerprint density at radius 1 is 1.45 bits per heavy atom. The first-order chi connectivity index (χ1) is 9.25. The molecule has 0 fully saturated rings. The van der Waals surface area contributed by atoms with Crippen LogP contribution < -0.4 is 11.1 Å². The molecule has 0 bridgehead atoms. The van der Waals surface area contributed by atoms with Gasteiger partial charge in [0.15, 0.2) is 0 Å². The highest BCUT2D eigenvalue weighted by Gasteiger charge is 2.33. The molecule has 0 aliphatic carbocycles. The molecule has 1 aromatic rings. The number of halogens is 3. The highest BCUT2D eigenvalue weighted by molar-refractivity contribution is 5.94. The van der Waals surface area contributed by atoms with E-state index in [2.05, 4.69) is 5.32 Å². The number of nitrogen functional groups attached to an aromatic ring is 1. The Morgan fingerprint density at radius 2 is 2.10 bits per heavy atom. The van der Waals surface area contributed by atoms with E-state index in [9.17, 15) is 18.0 Å². The van der Waals surface area contributed by atoms with Gasteiger partial charge in [-0.1, -0.05) is 6.92 Å². The highest BCUT2D eigenvalue weighted by atomic mass is 19.4. The van der Waals surface area contributed by atoms with E-state index in [4.69, 9.17) is 10.5 Å². The molecule has 0 aliphatic rings. The van der Waals surface area contributed by atoms with Crippen molar-refractivity contribution in [1.82, 2.24) is 0 Å². The summed E-state index contributed by atoms with van der Waals surface area (Å²) in [6, 6.07) is 3.23. The fourth-order valence-electron chi connectivity index (χ4n) is 1.49. The number of hydrogen-bond acceptors (Lipinski definition) is 3. The first-order valence-corrected chi connectivity index (χ1v) is 6.15. The first-order valence-electron chi connectivity index (χ1n) is 6.15. The number of hydrogen-bond donors (Lipinski definition) is 2. The number of carbonyl (C=O) groups is 1. The summed E-state index contributed by atoms with van der Waals surface area (Å²) in [5.41, 5.74) is 3.95. The maximum Gasteiger partial charge on any atom is 0.418 e. The number of nitrogens with one attached hydrogen (secondary N) is 1. The molecule has 112 valence electrons. The third-order valence-corrected chi connectivity index (χ3v) is 2.57. The molecule has 20 heavy (non-hydrogen) atoms. The number of rotatable bonds is 5. The zero-order valence-electron chi connectivity index (χ0n) is 11.3. The van der Waals surface area contributed by atoms with Crippen LogP contribution in [0, 0.1) is 0 Å². The lowest BCUT2D eigenvalue weighted by Crippen LogP contribution is -2.28. The van der Waals surface area contributed by atoms with E-state index in [1.807, 2.05) is 6.92 Å². The van der Waals surface area contributed by atoms with Gasteiger partial charge >= 0.3 is 6.18 Å². The van der Waals surface area contributed by atoms with E-state index in [1.165, 1.54) is 13.0 Å². The molecule has 3 N–H and O–H groups in total. The highest BCUT2D eigenvalue weighted by Crippen LogP contribution is 2.35. The average Bonchev–Trinajstić information content (AvgIpc) is 2.36. The largest absolute Gasteiger partial charge is 0.418 e. The Bertz CT molecular complexity index is 475. The summed E-state index contributed by atoms with van der Waals surface area (Å²) in [5, 5.41) is 2.37. The molecule has 0 spiro atoms. The van der Waals surface area contributed by atoms with Gasteiger partial charge in [0.05, 0.1) is 5.56 Å². The Hall–Kier alpha value is -1.76. The van der Waals surface area contributed by atoms with Gasteiger partial charge in [0.2, 0.25) is 0 Å². The number of ether oxygens (including phenoxy) is 1. The number of benzene rings is 1. The molecule has 0 heterocycles. The zero-order chi connectivity index (χ0) is 15.3. The molecule has 1 atom stereocenters. The molecule has 7 heteroatoms. The summed E-state index contributed by atoms with van der Waals surface area (Å²) in [6.07, 6.45) is -4.55. The summed E-state index contributed by atoms with van der Waals surface area (Å²) < 4.78 is 43.2. The van der Waals surface area contributed by atoms with Crippen molar-refractivity contribution in [2.45, 2.75) is 32.5 Å². The van der Waals surface area contributed by atoms with Crippen molar-refractivity contribution in [3.05, 3.63) is 23.8 Å². The summed E-state index contributed by atoms with van der Waals surface area (Å²) >= 11 is 0. The van der Waals surface area contributed by atoms with Crippen molar-refractivity contribution >= 4 is 17.3 Å². The predicted molar refractivity (Wildman–Crippen MR) is 70.2 cm³/mol. The second-order valence-corrected chi connectivity index (χ2v) is 4.30. The van der Waals surface area contributed by atoms with E-state index in [-0.39, 0.29) is 11.4 Å². The maximum atomic E-state index is 12.7. The fourth-order valence-corrected chi connectivity index (χ4v) is 1.49. The van der Waals surface area contributed by atoms with Gasteiger partial charge in [0, 0.05) is 18.0 Å². The van der Waals surface area contributed by atoms with Crippen LogP contribution in [0.15, 0.2) is 18.2 Å². The van der Waals surface area contributed by atoms with E-state index in [1.54, 1.807) is 0 Å². The second-order valence-electron chi connectivity index (χ2n) is 4.30. The van der Waals surface area contributed by atoms with Gasteiger partial charge in [-0.15, -0.1) is 0 Å². The SMILES string of the molecule is CCCOC(C)C(=O)Nc1ccc(N)c(C(F)(F)F)c1. The van der Waals surface area contributed by atoms with Crippen molar-refractivity contribution in [3.8, 4) is 0 Å². The second kappa shape index (κ2) is 6.60. The predicted octanol–water partition coefficient (Wildman–Crippen LogP) is 3.04. The van der Waals surface area contributed by atoms with Crippen LogP contribution >= 0.6 is 0 Å². The Labute approximate surface area is 115 Å². The molecule has 1 amide bonds. The Kier molecular flexibility index (Phi) is 5.38. The summed E-state index contributed by atoms with van der Waals surface area (Å²) in [6.45, 7) is 3.83. The molecule has 0 aliphatic heterocycles. The molecule has 0 saturated carbocycles. The Morgan fingerprint density at radius 3 is 2.65 bits per heavy atom. The van der Waals surface area contributed by atoms with Crippen molar-refractivity contribution in [1.29, 1.82) is 0 Å². The monoisotopic (exact) mass is 290 g/mol. The molecular formula is C13H17F3N2O2. The number of nitrogens with two attached hydrogens (primary N) is 1. The molecular weight excluding hydrogens is 273 g/mol. The lowest BCUT2D eigenvalue weighted by atomic mass is 10.1. The first kappa shape index (κ1) is 16.3. The molecule has 0 aromatic heterocycles. The van der Waals surface area contributed by atoms with Crippen LogP contribution in [-0.4, -0.2) is 18.6 Å². The molecule has 0 saturated heterocycles. The summed E-state index contributed by atoms with van der Waals surface area (Å²) in [4.78, 5) is 11.7. The van der Waals surface area contributed by atoms with Gasteiger partial charge in [-0.25, -0.2) is 0 Å². The number of amides is 1. The lowest BCUT2D eigenvalue weighted by Gasteiger charge is -2.15. The normalized spacial score (nSPS) is 13.1. The molecule has 1 rings (SSSR count). The minimum absolute atomic E-state index is 0.0310. The minimum Gasteiger partial charge on any atom is -0.398 e. The summed E-state index contributed by atoms with van der Waals surface area (Å²) in [7, 11) is 0. The van der Waals surface area contributed by atoms with Gasteiger partial charge < -0.3 is 15.8 Å². The molecule has 4 nitrogen and oxygen atoms in total. The number of alkyl halides is 3. The smallest absolute Gasteiger partial charge is 0.398 e. The quantitative estimate of drug-likeness (QED) is 0.819. The molecule has 1 aromatic carbocycles. The average molecular weight is 290 g/mol. The van der Waals surface area contributed by atoms with Crippen molar-refractivity contribution in [3.63, 3.8) is 0 Å². The van der Waals surface area contributed by atoms with Crippen LogP contribution in [-0.2, 0) is 15.7 Å². The van der Waals surface area contributed by atoms with Crippen LogP contribution in [0.25, 0.3) is 0 Å². The van der Waals surface area contributed by atoms with E-state index < -0.39 is 23.8 Å². The number of anilines is 2. The standard InChI is InChI=1S/C13H17F3N2O2/c1-3-6-20-8(2)12(19)18-9-4-5-11(17)10(7-9)13(14,15)16/h4-5,7-8H,3,6,17H2,1-2H3,(H,18,19). The topological polar surface area (TPSA) is 64.3 Å². The number of carbonyl (C=O) groups excluding carboxylic acids is 1. The van der Waals surface area contributed by atoms with E-state index >= 15 is 0 Å². The fraction of sp³-hybridized carbons (Fsp3) is 0.462. The molecule has 1 unspecified atom stereocenters. The third kappa shape index (κ3) is 4.41.